The summed E-state index contributed by atoms with van der Waals surface area (Å²) >= 11 is 3.45. The number of hydrogen-bond acceptors (Lipinski definition) is 4. The number of nitrogens with one attached hydrogen (secondary N) is 1. The number of halogens is 1. The Bertz CT molecular complexity index is 438. The molecule has 0 aliphatic carbocycles. The summed E-state index contributed by atoms with van der Waals surface area (Å²) in [4.78, 5) is 0. The largest absolute Gasteiger partial charge is 0.490 e. The van der Waals surface area contributed by atoms with Crippen molar-refractivity contribution < 1.29 is 14.9 Å². The molecule has 1 aromatic rings. The topological polar surface area (TPSA) is 61.7 Å². The molecule has 0 aliphatic heterocycles. The number of rotatable bonds is 9. The van der Waals surface area contributed by atoms with Crippen LogP contribution < -0.4 is 10.1 Å². The molecule has 21 heavy (non-hydrogen) atoms. The highest BCUT2D eigenvalue weighted by atomic mass is 79.9. The van der Waals surface area contributed by atoms with E-state index < -0.39 is 6.10 Å². The van der Waals surface area contributed by atoms with Crippen LogP contribution in [-0.2, 0) is 0 Å². The van der Waals surface area contributed by atoms with E-state index in [-0.39, 0.29) is 18.6 Å². The maximum absolute atomic E-state index is 9.93. The van der Waals surface area contributed by atoms with Gasteiger partial charge in [0.05, 0.1) is 4.47 Å². The second kappa shape index (κ2) is 8.73. The minimum Gasteiger partial charge on any atom is -0.490 e. The van der Waals surface area contributed by atoms with Crippen LogP contribution in [0.2, 0.25) is 0 Å². The molecule has 1 unspecified atom stereocenters. The van der Waals surface area contributed by atoms with Crippen molar-refractivity contribution in [3.8, 4) is 5.75 Å². The van der Waals surface area contributed by atoms with E-state index in [1.807, 2.05) is 25.1 Å². The highest BCUT2D eigenvalue weighted by molar-refractivity contribution is 9.10. The summed E-state index contributed by atoms with van der Waals surface area (Å²) in [5.41, 5.74) is 1.18. The number of ether oxygens (including phenoxy) is 1. The fourth-order valence-corrected chi connectivity index (χ4v) is 2.54. The summed E-state index contributed by atoms with van der Waals surface area (Å²) in [6.45, 7) is 7.83. The molecule has 0 aliphatic rings. The quantitative estimate of drug-likeness (QED) is 0.633. The summed E-state index contributed by atoms with van der Waals surface area (Å²) in [6.07, 6.45) is 0.172. The molecule has 0 radical (unpaired) electrons. The van der Waals surface area contributed by atoms with E-state index in [1.165, 1.54) is 0 Å². The van der Waals surface area contributed by atoms with Crippen LogP contribution in [0.4, 0.5) is 0 Å². The number of aliphatic hydroxyl groups is 2. The number of aryl methyl sites for hydroxylation is 1. The van der Waals surface area contributed by atoms with Crippen molar-refractivity contribution >= 4 is 15.9 Å². The second-order valence-electron chi connectivity index (χ2n) is 6.17. The van der Waals surface area contributed by atoms with Crippen LogP contribution in [0.15, 0.2) is 22.7 Å². The highest BCUT2D eigenvalue weighted by Gasteiger charge is 2.17. The Kier molecular flexibility index (Phi) is 7.66. The molecule has 0 heterocycles. The van der Waals surface area contributed by atoms with Crippen LogP contribution in [0.1, 0.15) is 25.8 Å². The predicted octanol–water partition coefficient (Wildman–Crippen LogP) is 2.50. The molecule has 0 saturated carbocycles. The monoisotopic (exact) mass is 359 g/mol. The number of hydrogen-bond donors (Lipinski definition) is 3. The first-order valence-electron chi connectivity index (χ1n) is 7.22. The molecule has 4 nitrogen and oxygen atoms in total. The molecule has 0 saturated heterocycles. The fourth-order valence-electron chi connectivity index (χ4n) is 1.94. The third kappa shape index (κ3) is 7.27. The normalized spacial score (nSPS) is 13.2. The highest BCUT2D eigenvalue weighted by Crippen LogP contribution is 2.25. The van der Waals surface area contributed by atoms with Crippen LogP contribution in [0.3, 0.4) is 0 Å². The van der Waals surface area contributed by atoms with Gasteiger partial charge in [0.25, 0.3) is 0 Å². The third-order valence-corrected chi connectivity index (χ3v) is 3.91. The molecular weight excluding hydrogens is 334 g/mol. The summed E-state index contributed by atoms with van der Waals surface area (Å²) in [7, 11) is 0. The lowest BCUT2D eigenvalue weighted by molar-refractivity contribution is 0.102. The van der Waals surface area contributed by atoms with Gasteiger partial charge in [0.2, 0.25) is 0 Å². The minimum absolute atomic E-state index is 0.0231. The molecule has 3 N–H and O–H groups in total. The fraction of sp³-hybridized carbons (Fsp3) is 0.625. The zero-order chi connectivity index (χ0) is 15.9. The van der Waals surface area contributed by atoms with Gasteiger partial charge in [-0.3, -0.25) is 0 Å². The molecular formula is C16H26BrNO3. The van der Waals surface area contributed by atoms with E-state index in [1.54, 1.807) is 0 Å². The predicted molar refractivity (Wildman–Crippen MR) is 88.7 cm³/mol. The van der Waals surface area contributed by atoms with Gasteiger partial charge in [-0.25, -0.2) is 0 Å². The maximum Gasteiger partial charge on any atom is 0.133 e. The second-order valence-corrected chi connectivity index (χ2v) is 7.02. The van der Waals surface area contributed by atoms with Gasteiger partial charge >= 0.3 is 0 Å². The Hall–Kier alpha value is -0.620. The van der Waals surface area contributed by atoms with E-state index >= 15 is 0 Å². The van der Waals surface area contributed by atoms with E-state index in [2.05, 4.69) is 35.1 Å². The minimum atomic E-state index is -0.567. The van der Waals surface area contributed by atoms with E-state index in [0.29, 0.717) is 6.54 Å². The summed E-state index contributed by atoms with van der Waals surface area (Å²) in [5.74, 6) is 0.736. The number of aliphatic hydroxyl groups excluding tert-OH is 2. The molecule has 120 valence electrons. The standard InChI is InChI=1S/C16H26BrNO3/c1-12-4-5-15(14(17)8-12)21-10-13(20)9-18-11-16(2,3)6-7-19/h4-5,8,13,18-20H,6-7,9-11H2,1-3H3. The lowest BCUT2D eigenvalue weighted by Crippen LogP contribution is -2.37. The molecule has 0 bridgehead atoms. The van der Waals surface area contributed by atoms with Crippen molar-refractivity contribution in [2.45, 2.75) is 33.3 Å². The lowest BCUT2D eigenvalue weighted by atomic mass is 9.90. The van der Waals surface area contributed by atoms with Crippen LogP contribution in [0, 0.1) is 12.3 Å². The SMILES string of the molecule is Cc1ccc(OCC(O)CNCC(C)(C)CCO)c(Br)c1. The van der Waals surface area contributed by atoms with Gasteiger partial charge in [-0.15, -0.1) is 0 Å². The smallest absolute Gasteiger partial charge is 0.133 e. The van der Waals surface area contributed by atoms with Gasteiger partial charge in [0.1, 0.15) is 18.5 Å². The van der Waals surface area contributed by atoms with Crippen molar-refractivity contribution in [1.29, 1.82) is 0 Å². The van der Waals surface area contributed by atoms with Gasteiger partial charge in [0, 0.05) is 19.7 Å². The average Bonchev–Trinajstić information content (AvgIpc) is 2.37. The van der Waals surface area contributed by atoms with Gasteiger partial charge in [0.15, 0.2) is 0 Å². The maximum atomic E-state index is 9.93. The molecule has 0 spiro atoms. The molecule has 1 aromatic carbocycles. The lowest BCUT2D eigenvalue weighted by Gasteiger charge is -2.24. The van der Waals surface area contributed by atoms with Gasteiger partial charge < -0.3 is 20.3 Å². The average molecular weight is 360 g/mol. The summed E-state index contributed by atoms with van der Waals surface area (Å²) in [6, 6.07) is 5.85. The summed E-state index contributed by atoms with van der Waals surface area (Å²) in [5, 5.41) is 22.1. The van der Waals surface area contributed by atoms with Crippen LogP contribution in [0.5, 0.6) is 5.75 Å². The summed E-state index contributed by atoms with van der Waals surface area (Å²) < 4.78 is 6.50. The van der Waals surface area contributed by atoms with E-state index in [0.717, 1.165) is 28.8 Å². The molecule has 1 atom stereocenters. The molecule has 5 heteroatoms. The van der Waals surface area contributed by atoms with Gasteiger partial charge in [-0.05, 0) is 52.4 Å². The Morgan fingerprint density at radius 2 is 2.10 bits per heavy atom. The molecule has 0 fully saturated rings. The van der Waals surface area contributed by atoms with Crippen molar-refractivity contribution in [2.75, 3.05) is 26.3 Å². The Morgan fingerprint density at radius 3 is 2.71 bits per heavy atom. The van der Waals surface area contributed by atoms with Crippen molar-refractivity contribution in [1.82, 2.24) is 5.32 Å². The number of benzene rings is 1. The molecule has 0 amide bonds. The zero-order valence-electron chi connectivity index (χ0n) is 13.0. The van der Waals surface area contributed by atoms with Crippen molar-refractivity contribution in [3.05, 3.63) is 28.2 Å². The van der Waals surface area contributed by atoms with Crippen LogP contribution in [0.25, 0.3) is 0 Å². The van der Waals surface area contributed by atoms with Crippen LogP contribution >= 0.6 is 15.9 Å². The first kappa shape index (κ1) is 18.4. The van der Waals surface area contributed by atoms with Crippen molar-refractivity contribution in [3.63, 3.8) is 0 Å². The molecule has 1 rings (SSSR count). The van der Waals surface area contributed by atoms with Gasteiger partial charge in [-0.2, -0.15) is 0 Å². The van der Waals surface area contributed by atoms with Crippen LogP contribution in [-0.4, -0.2) is 42.6 Å². The third-order valence-electron chi connectivity index (χ3n) is 3.29. The Balaban J connectivity index is 2.29. The Morgan fingerprint density at radius 1 is 1.38 bits per heavy atom. The Labute approximate surface area is 135 Å². The van der Waals surface area contributed by atoms with E-state index in [4.69, 9.17) is 9.84 Å². The first-order valence-corrected chi connectivity index (χ1v) is 8.02. The first-order chi connectivity index (χ1) is 9.84. The van der Waals surface area contributed by atoms with Crippen molar-refractivity contribution in [2.24, 2.45) is 5.41 Å². The molecule has 0 aromatic heterocycles. The van der Waals surface area contributed by atoms with Gasteiger partial charge in [-0.1, -0.05) is 19.9 Å². The zero-order valence-corrected chi connectivity index (χ0v) is 14.6. The van der Waals surface area contributed by atoms with E-state index in [9.17, 15) is 5.11 Å².